The lowest BCUT2D eigenvalue weighted by Gasteiger charge is -2.47. The molecule has 0 aromatic carbocycles. The van der Waals surface area contributed by atoms with Crippen molar-refractivity contribution in [3.63, 3.8) is 0 Å². The number of rotatable bonds is 6. The van der Waals surface area contributed by atoms with Gasteiger partial charge in [-0.2, -0.15) is 0 Å². The third kappa shape index (κ3) is 3.93. The Bertz CT molecular complexity index is 1410. The summed E-state index contributed by atoms with van der Waals surface area (Å²) >= 11 is 1.41. The first-order valence-electron chi connectivity index (χ1n) is 12.4. The Kier molecular flexibility index (Phi) is 5.91. The molecule has 4 aromatic heterocycles. The Morgan fingerprint density at radius 2 is 2.03 bits per heavy atom. The van der Waals surface area contributed by atoms with E-state index in [1.165, 1.54) is 11.3 Å². The fourth-order valence-corrected chi connectivity index (χ4v) is 6.49. The fourth-order valence-electron chi connectivity index (χ4n) is 5.79. The average Bonchev–Trinajstić information content (AvgIpc) is 3.56. The smallest absolute Gasteiger partial charge is 0.311 e. The number of carbonyl (C=O) groups is 1. The van der Waals surface area contributed by atoms with Crippen molar-refractivity contribution in [1.29, 1.82) is 0 Å². The summed E-state index contributed by atoms with van der Waals surface area (Å²) in [6, 6.07) is 3.47. The molecule has 2 atom stereocenters. The summed E-state index contributed by atoms with van der Waals surface area (Å²) in [6.45, 7) is 4.02. The number of carbonyl (C=O) groups excluding carboxylic acids is 1. The van der Waals surface area contributed by atoms with Crippen LogP contribution in [0.15, 0.2) is 29.9 Å². The first-order valence-corrected chi connectivity index (χ1v) is 13.3. The summed E-state index contributed by atoms with van der Waals surface area (Å²) in [5.41, 5.74) is 2.90. The minimum Gasteiger partial charge on any atom is -0.466 e. The molecule has 8 nitrogen and oxygen atoms in total. The van der Waals surface area contributed by atoms with Crippen LogP contribution >= 0.6 is 11.3 Å². The van der Waals surface area contributed by atoms with Crippen molar-refractivity contribution in [3.05, 3.63) is 41.4 Å². The molecule has 186 valence electrons. The minimum atomic E-state index is -0.521. The summed E-state index contributed by atoms with van der Waals surface area (Å²) in [7, 11) is 0. The van der Waals surface area contributed by atoms with Crippen molar-refractivity contribution in [2.75, 3.05) is 11.9 Å². The molecular weight excluding hydrogens is 479 g/mol. The highest BCUT2D eigenvalue weighted by molar-refractivity contribution is 7.13. The highest BCUT2D eigenvalue weighted by Gasteiger charge is 2.48. The van der Waals surface area contributed by atoms with E-state index in [0.29, 0.717) is 34.0 Å². The number of nitrogens with one attached hydrogen (secondary N) is 2. The number of fused-ring (bicyclic) bond motifs is 4. The SMILES string of the molecule is CCOC(=O)[C@H]1C2CCC(CC2)[C@@H]1Nc1nc(-c2c[nH]c3nc(C)cnc23)nc(-c2cccs2)c1F. The van der Waals surface area contributed by atoms with Crippen LogP contribution < -0.4 is 5.32 Å². The molecule has 3 saturated carbocycles. The van der Waals surface area contributed by atoms with E-state index in [1.807, 2.05) is 31.4 Å². The van der Waals surface area contributed by atoms with Gasteiger partial charge in [-0.1, -0.05) is 6.07 Å². The lowest BCUT2D eigenvalue weighted by Crippen LogP contribution is -2.52. The largest absolute Gasteiger partial charge is 0.466 e. The van der Waals surface area contributed by atoms with Gasteiger partial charge >= 0.3 is 5.97 Å². The second kappa shape index (κ2) is 9.24. The summed E-state index contributed by atoms with van der Waals surface area (Å²) in [4.78, 5) is 35.0. The van der Waals surface area contributed by atoms with Crippen LogP contribution in [0.2, 0.25) is 0 Å². The van der Waals surface area contributed by atoms with Gasteiger partial charge in [0, 0.05) is 18.4 Å². The van der Waals surface area contributed by atoms with Crippen molar-refractivity contribution in [3.8, 4) is 22.0 Å². The number of aromatic amines is 1. The van der Waals surface area contributed by atoms with E-state index in [1.54, 1.807) is 12.4 Å². The van der Waals surface area contributed by atoms with E-state index < -0.39 is 5.82 Å². The van der Waals surface area contributed by atoms with E-state index in [0.717, 1.165) is 31.4 Å². The minimum absolute atomic E-state index is 0.102. The van der Waals surface area contributed by atoms with Gasteiger partial charge in [0.2, 0.25) is 0 Å². The van der Waals surface area contributed by atoms with Crippen molar-refractivity contribution < 1.29 is 13.9 Å². The van der Waals surface area contributed by atoms with Gasteiger partial charge in [-0.25, -0.2) is 19.3 Å². The molecule has 7 rings (SSSR count). The summed E-state index contributed by atoms with van der Waals surface area (Å²) < 4.78 is 21.4. The van der Waals surface area contributed by atoms with E-state index in [-0.39, 0.29) is 41.3 Å². The Morgan fingerprint density at radius 3 is 2.78 bits per heavy atom. The van der Waals surface area contributed by atoms with Crippen LogP contribution in [-0.2, 0) is 9.53 Å². The number of anilines is 1. The summed E-state index contributed by atoms with van der Waals surface area (Å²) in [5.74, 6) is -0.103. The van der Waals surface area contributed by atoms with Gasteiger partial charge in [0.15, 0.2) is 23.1 Å². The fraction of sp³-hybridized carbons (Fsp3) is 0.423. The maximum absolute atomic E-state index is 16.0. The maximum Gasteiger partial charge on any atom is 0.311 e. The molecule has 3 aliphatic carbocycles. The van der Waals surface area contributed by atoms with Gasteiger partial charge in [-0.3, -0.25) is 9.78 Å². The molecule has 36 heavy (non-hydrogen) atoms. The number of thiophene rings is 1. The third-order valence-corrected chi connectivity index (χ3v) is 8.31. The molecule has 0 radical (unpaired) electrons. The van der Waals surface area contributed by atoms with Gasteiger partial charge in [0.05, 0.1) is 28.7 Å². The molecule has 2 bridgehead atoms. The first kappa shape index (κ1) is 23.0. The van der Waals surface area contributed by atoms with Crippen molar-refractivity contribution in [1.82, 2.24) is 24.9 Å². The number of aryl methyl sites for hydroxylation is 1. The number of H-pyrrole nitrogens is 1. The number of aromatic nitrogens is 5. The number of ether oxygens (including phenoxy) is 1. The Labute approximate surface area is 211 Å². The van der Waals surface area contributed by atoms with E-state index in [4.69, 9.17) is 4.74 Å². The molecule has 2 N–H and O–H groups in total. The van der Waals surface area contributed by atoms with Crippen LogP contribution in [-0.4, -0.2) is 43.5 Å². The molecule has 0 spiro atoms. The number of esters is 1. The van der Waals surface area contributed by atoms with Crippen molar-refractivity contribution >= 4 is 34.3 Å². The molecule has 3 aliphatic rings. The van der Waals surface area contributed by atoms with Crippen LogP contribution in [0.4, 0.5) is 10.2 Å². The molecule has 0 aliphatic heterocycles. The molecule has 10 heteroatoms. The highest BCUT2D eigenvalue weighted by atomic mass is 32.1. The number of halogens is 1. The van der Waals surface area contributed by atoms with Gasteiger partial charge in [-0.05, 0) is 62.8 Å². The van der Waals surface area contributed by atoms with E-state index in [2.05, 4.69) is 30.2 Å². The average molecular weight is 507 g/mol. The summed E-state index contributed by atoms with van der Waals surface area (Å²) in [6.07, 6.45) is 7.45. The quantitative estimate of drug-likeness (QED) is 0.339. The van der Waals surface area contributed by atoms with Crippen LogP contribution in [0.1, 0.15) is 38.3 Å². The van der Waals surface area contributed by atoms with Gasteiger partial charge in [-0.15, -0.1) is 11.3 Å². The lowest BCUT2D eigenvalue weighted by molar-refractivity contribution is -0.154. The van der Waals surface area contributed by atoms with Gasteiger partial charge in [0.25, 0.3) is 0 Å². The Morgan fingerprint density at radius 1 is 1.22 bits per heavy atom. The Balaban J connectivity index is 1.45. The molecule has 4 heterocycles. The van der Waals surface area contributed by atoms with Gasteiger partial charge < -0.3 is 15.0 Å². The van der Waals surface area contributed by atoms with Crippen LogP contribution in [0.25, 0.3) is 33.1 Å². The monoisotopic (exact) mass is 506 g/mol. The maximum atomic E-state index is 16.0. The zero-order valence-corrected chi connectivity index (χ0v) is 20.9. The van der Waals surface area contributed by atoms with Gasteiger partial charge in [0.1, 0.15) is 11.2 Å². The van der Waals surface area contributed by atoms with Crippen LogP contribution in [0.3, 0.4) is 0 Å². The molecule has 0 amide bonds. The van der Waals surface area contributed by atoms with E-state index >= 15 is 4.39 Å². The molecule has 4 aromatic rings. The number of hydrogen-bond donors (Lipinski definition) is 2. The van der Waals surface area contributed by atoms with Crippen LogP contribution in [0, 0.1) is 30.5 Å². The summed E-state index contributed by atoms with van der Waals surface area (Å²) in [5, 5.41) is 5.25. The first-order chi connectivity index (χ1) is 17.5. The number of hydrogen-bond acceptors (Lipinski definition) is 8. The predicted molar refractivity (Wildman–Crippen MR) is 136 cm³/mol. The molecule has 0 saturated heterocycles. The van der Waals surface area contributed by atoms with Crippen molar-refractivity contribution in [2.45, 2.75) is 45.6 Å². The second-order valence-electron chi connectivity index (χ2n) is 9.57. The normalized spacial score (nSPS) is 23.2. The second-order valence-corrected chi connectivity index (χ2v) is 10.5. The Hall–Kier alpha value is -3.40. The zero-order chi connectivity index (χ0) is 24.8. The highest BCUT2D eigenvalue weighted by Crippen LogP contribution is 2.47. The molecule has 3 fully saturated rings. The zero-order valence-electron chi connectivity index (χ0n) is 20.1. The van der Waals surface area contributed by atoms with Crippen molar-refractivity contribution in [2.24, 2.45) is 17.8 Å². The number of nitrogens with zero attached hydrogens (tertiary/aromatic N) is 4. The lowest BCUT2D eigenvalue weighted by atomic mass is 9.61. The van der Waals surface area contributed by atoms with Crippen LogP contribution in [0.5, 0.6) is 0 Å². The topological polar surface area (TPSA) is 106 Å². The molecule has 0 unspecified atom stereocenters. The third-order valence-electron chi connectivity index (χ3n) is 7.43. The standard InChI is InChI=1S/C26H27FN6O2S/c1-3-35-26(34)18-14-6-8-15(9-7-14)20(18)31-24-19(27)22(17-5-4-10-36-17)32-23(33-24)16-12-29-25-21(16)28-11-13(2)30-25/h4-5,10-12,14-15,18,20H,3,6-9H2,1-2H3,(H,29,30)(H,31,32,33)/t14?,15?,18-,20-/m0/s1. The van der Waals surface area contributed by atoms with E-state index in [9.17, 15) is 4.79 Å². The predicted octanol–water partition coefficient (Wildman–Crippen LogP) is 5.37. The molecular formula is C26H27FN6O2S.